The summed E-state index contributed by atoms with van der Waals surface area (Å²) >= 11 is 0. The third kappa shape index (κ3) is 767000. The van der Waals surface area contributed by atoms with Crippen molar-refractivity contribution in [2.45, 2.75) is 1050 Å². The van der Waals surface area contributed by atoms with E-state index in [9.17, 15) is 0 Å². The molecule has 0 saturated heterocycles. The molecule has 0 bridgehead atoms. The van der Waals surface area contributed by atoms with E-state index in [0.717, 1.165) is 0 Å². The summed E-state index contributed by atoms with van der Waals surface area (Å²) in [5, 5.41) is 0. The second kappa shape index (κ2) is 348000. The standard InChI is InChI=1S/C5H12.49C2H6.45CH4/c1-3-5-4-2;49*1-2;;;;;;;;;;;;;;;;;;;;;;;;;;;;;;;;;;;;;;;;;;;;;/h3-5H2,1-2H3;49*1-2H3;45*1H4. The predicted octanol–water partition coefficient (Wildman–Crippen LogP) is 81.1. The van der Waals surface area contributed by atoms with E-state index in [0.29, 0.717) is 0 Å². The van der Waals surface area contributed by atoms with Gasteiger partial charge in [0, 0.05) is 0 Å². The average molecular weight is 2270 g/mol. The maximum Gasteiger partial charge on any atom is -0.0538 e. The van der Waals surface area contributed by atoms with Crippen molar-refractivity contribution in [2.24, 2.45) is 0 Å². The van der Waals surface area contributed by atoms with Crippen LogP contribution in [0.3, 0.4) is 0 Å². The Kier molecular flexibility index (Phi) is 2680000. The van der Waals surface area contributed by atoms with Crippen LogP contribution in [0, 0.1) is 0 Å². The minimum atomic E-state index is 0. The zero-order valence-electron chi connectivity index (χ0n) is 102. The largest absolute Gasteiger partial charge is 0.0776 e. The third-order valence-corrected chi connectivity index (χ3v) is 0.707. The van der Waals surface area contributed by atoms with E-state index in [1.54, 1.807) is 0 Å². The van der Waals surface area contributed by atoms with Gasteiger partial charge >= 0.3 is 0 Å². The molecule has 148 heavy (non-hydrogen) atoms. The fourth-order valence-corrected chi connectivity index (χ4v) is 0.354. The fourth-order valence-electron chi connectivity index (χ4n) is 0.354. The fraction of sp³-hybridized carbons (Fsp3) is 1.00. The van der Waals surface area contributed by atoms with E-state index in [2.05, 4.69) is 13.8 Å². The van der Waals surface area contributed by atoms with Gasteiger partial charge in [-0.3, -0.25) is 0 Å². The Bertz CT molecular complexity index is 7.51. The molecule has 0 aliphatic rings. The molecule has 0 rings (SSSR count). The highest BCUT2D eigenvalue weighted by molar-refractivity contribution is 4.24. The van der Waals surface area contributed by atoms with E-state index in [4.69, 9.17) is 0 Å². The van der Waals surface area contributed by atoms with Crippen LogP contribution in [-0.2, 0) is 0 Å². The van der Waals surface area contributed by atoms with Gasteiger partial charge in [-0.15, -0.1) is 0 Å². The summed E-state index contributed by atoms with van der Waals surface area (Å²) in [4.78, 5) is 0. The van der Waals surface area contributed by atoms with Gasteiger partial charge in [-0.2, -0.15) is 0 Å². The number of rotatable bonds is 2. The van der Waals surface area contributed by atoms with Crippen molar-refractivity contribution in [1.29, 1.82) is 0 Å². The third-order valence-electron chi connectivity index (χ3n) is 0.707. The van der Waals surface area contributed by atoms with Crippen LogP contribution in [-0.4, -0.2) is 0 Å². The Morgan fingerprint density at radius 1 is 0.0473 bits per heavy atom. The second-order valence-corrected chi connectivity index (χ2v) is 1.35. The molecule has 0 aromatic rings. The molecule has 0 heterocycles. The van der Waals surface area contributed by atoms with Crippen molar-refractivity contribution in [3.05, 3.63) is 0 Å². The van der Waals surface area contributed by atoms with Crippen LogP contribution in [0.15, 0.2) is 0 Å². The maximum atomic E-state index is 2.21. The summed E-state index contributed by atoms with van der Waals surface area (Å²) in [6.45, 7) is 200. The zero-order valence-corrected chi connectivity index (χ0v) is 102. The molecule has 0 aromatic carbocycles. The zero-order chi connectivity index (χ0) is 102. The smallest absolute Gasteiger partial charge is 0.0538 e. The Morgan fingerprint density at radius 2 is 0.0608 bits per heavy atom. The van der Waals surface area contributed by atoms with Crippen LogP contribution in [0.25, 0.3) is 0 Å². The van der Waals surface area contributed by atoms with Crippen LogP contribution < -0.4 is 0 Å². The van der Waals surface area contributed by atoms with Gasteiger partial charge in [-0.25, -0.2) is 0 Å². The molecular formula is C148H486. The first-order chi connectivity index (χ1) is 51.4. The van der Waals surface area contributed by atoms with E-state index in [1.165, 1.54) is 19.3 Å². The van der Waals surface area contributed by atoms with Crippen LogP contribution in [0.4, 0.5) is 0 Å². The van der Waals surface area contributed by atoms with E-state index in [-0.39, 0.29) is 334 Å². The summed E-state index contributed by atoms with van der Waals surface area (Å²) in [5.41, 5.74) is 0. The van der Waals surface area contributed by atoms with Crippen molar-refractivity contribution in [1.82, 2.24) is 0 Å². The molecule has 0 spiro atoms. The normalized spacial score (nSPS) is 2.27. The number of unbranched alkanes of at least 4 members (excludes halogenated alkanes) is 2. The summed E-state index contributed by atoms with van der Waals surface area (Å²) in [6.07, 6.45) is 4.08. The highest BCUT2D eigenvalue weighted by Gasteiger charge is 1.68. The van der Waals surface area contributed by atoms with Gasteiger partial charge in [0.1, 0.15) is 0 Å². The quantitative estimate of drug-likeness (QED) is 0.259. The van der Waals surface area contributed by atoms with Gasteiger partial charge < -0.3 is 0 Å². The van der Waals surface area contributed by atoms with Crippen molar-refractivity contribution >= 4 is 0 Å². The van der Waals surface area contributed by atoms with Gasteiger partial charge in [0.15, 0.2) is 0 Å². The summed E-state index contributed by atoms with van der Waals surface area (Å²) in [6, 6.07) is 0. The lowest BCUT2D eigenvalue weighted by Crippen LogP contribution is -1.59. The van der Waals surface area contributed by atoms with E-state index >= 15 is 0 Å². The van der Waals surface area contributed by atoms with Gasteiger partial charge in [0.2, 0.25) is 0 Å². The first-order valence-corrected chi connectivity index (χ1v) is 51.4. The predicted molar refractivity (Wildman–Crippen MR) is 884 cm³/mol. The molecule has 0 fully saturated rings. The molecule has 0 atom stereocenters. The van der Waals surface area contributed by atoms with E-state index in [1.807, 2.05) is 679 Å². The summed E-state index contributed by atoms with van der Waals surface area (Å²) in [7, 11) is 0. The number of hydrogen-bond donors (Lipinski definition) is 0. The van der Waals surface area contributed by atoms with Gasteiger partial charge in [0.05, 0.1) is 0 Å². The van der Waals surface area contributed by atoms with Crippen LogP contribution >= 0.6 is 0 Å². The van der Waals surface area contributed by atoms with Gasteiger partial charge in [-0.05, 0) is 0 Å². The lowest BCUT2D eigenvalue weighted by atomic mass is 10.3. The van der Waals surface area contributed by atoms with Gasteiger partial charge in [0.25, 0.3) is 0 Å². The monoisotopic (exact) mass is 2270 g/mol. The molecule has 0 heteroatoms. The van der Waals surface area contributed by atoms with Crippen molar-refractivity contribution < 1.29 is 0 Å². The Balaban J connectivity index is -0.00000000207. The average Bonchev–Trinajstić information content (AvgIpc) is 3.88. The molecule has 0 aromatic heterocycles. The van der Waals surface area contributed by atoms with Gasteiger partial charge in [-0.1, -0.05) is 1050 Å². The Morgan fingerprint density at radius 3 is 0.0608 bits per heavy atom. The molecule has 0 amide bonds. The highest BCUT2D eigenvalue weighted by Crippen LogP contribution is 1.88. The van der Waals surface area contributed by atoms with Crippen LogP contribution in [0.2, 0.25) is 0 Å². The highest BCUT2D eigenvalue weighted by atomic mass is 13.7. The topological polar surface area (TPSA) is 0 Å². The first kappa shape index (κ1) is 1140. The molecule has 0 N–H and O–H groups in total. The molecule has 1078 valence electrons. The first-order valence-electron chi connectivity index (χ1n) is 51.4. The lowest BCUT2D eigenvalue weighted by molar-refractivity contribution is 0.772. The molecule has 0 aliphatic heterocycles. The maximum absolute atomic E-state index is 2.21. The van der Waals surface area contributed by atoms with E-state index < -0.39 is 0 Å². The molecule has 0 nitrogen and oxygen atoms in total. The molecule has 0 unspecified atom stereocenters. The minimum Gasteiger partial charge on any atom is -0.0776 e. The van der Waals surface area contributed by atoms with Crippen LogP contribution in [0.1, 0.15) is 1050 Å². The van der Waals surface area contributed by atoms with Crippen molar-refractivity contribution in [3.63, 3.8) is 0 Å². The molecule has 0 aliphatic carbocycles. The summed E-state index contributed by atoms with van der Waals surface area (Å²) < 4.78 is 0. The molecular weight excluding hydrogens is 1780 g/mol. The summed E-state index contributed by atoms with van der Waals surface area (Å²) in [5.74, 6) is 0. The Hall–Kier alpha value is 0. The minimum absolute atomic E-state index is 0. The number of hydrogen-bond acceptors (Lipinski definition) is 0. The second-order valence-electron chi connectivity index (χ2n) is 1.35. The van der Waals surface area contributed by atoms with Crippen LogP contribution in [0.5, 0.6) is 0 Å². The van der Waals surface area contributed by atoms with Crippen molar-refractivity contribution in [2.75, 3.05) is 0 Å². The molecule has 0 radical (unpaired) electrons. The van der Waals surface area contributed by atoms with Crippen molar-refractivity contribution in [3.8, 4) is 0 Å². The Labute approximate surface area is 1040 Å². The lowest BCUT2D eigenvalue weighted by Gasteiger charge is -1.79. The SMILES string of the molecule is C.C.C.C.C.C.C.C.C.C.C.C.C.C.C.C.C.C.C.C.C.C.C.C.C.C.C.C.C.C.C.C.C.C.C.C.C.C.C.C.C.C.C.C.C.CC.CC.CC.CC.CC.CC.CC.CC.CC.CC.CC.CC.CC.CC.CC.CC.CC.CC.CC.CC.CC.CC.CC.CC.CC.CC.CC.CC.CC.CC.CC.CC.CC.CC.CC.CC.CC.CC.CC.CC.CC.CC.CC.CC.CC.CC.CC.CC.CC.CCCCC. The molecule has 0 saturated carbocycles.